The Kier molecular flexibility index (Phi) is 5.42. The monoisotopic (exact) mass is 230 g/mol. The lowest BCUT2D eigenvalue weighted by molar-refractivity contribution is -0.126. The molecule has 4 heteroatoms. The molecular weight excluding hydrogens is 204 g/mol. The minimum atomic E-state index is -0.942. The molecule has 0 aromatic rings. The van der Waals surface area contributed by atoms with E-state index >= 15 is 0 Å². The molecule has 0 aliphatic heterocycles. The van der Waals surface area contributed by atoms with Crippen LogP contribution < -0.4 is 11.1 Å². The number of hydrogen-bond donors (Lipinski definition) is 3. The van der Waals surface area contributed by atoms with Gasteiger partial charge in [-0.2, -0.15) is 0 Å². The molecule has 0 aliphatic carbocycles. The number of hydrogen-bond acceptors (Lipinski definition) is 3. The molecular formula is C12H26N2O2. The Morgan fingerprint density at radius 2 is 1.88 bits per heavy atom. The fraction of sp³-hybridized carbons (Fsp3) is 0.917. The van der Waals surface area contributed by atoms with Crippen molar-refractivity contribution in [2.24, 2.45) is 11.7 Å². The first-order chi connectivity index (χ1) is 7.10. The summed E-state index contributed by atoms with van der Waals surface area (Å²) in [5.74, 6) is 0.323. The minimum absolute atomic E-state index is 0.0348. The third-order valence-electron chi connectivity index (χ3n) is 3.25. The van der Waals surface area contributed by atoms with Crippen molar-refractivity contribution in [2.75, 3.05) is 6.54 Å². The Bertz CT molecular complexity index is 232. The highest BCUT2D eigenvalue weighted by Gasteiger charge is 2.36. The maximum absolute atomic E-state index is 11.7. The molecule has 0 heterocycles. The Morgan fingerprint density at radius 3 is 2.25 bits per heavy atom. The topological polar surface area (TPSA) is 75.4 Å². The summed E-state index contributed by atoms with van der Waals surface area (Å²) in [5, 5.41) is 12.7. The first-order valence-electron chi connectivity index (χ1n) is 5.83. The maximum atomic E-state index is 11.7. The Labute approximate surface area is 98.6 Å². The maximum Gasteiger partial charge on any atom is 0.220 e. The molecule has 0 saturated heterocycles. The predicted molar refractivity (Wildman–Crippen MR) is 66.0 cm³/mol. The highest BCUT2D eigenvalue weighted by Crippen LogP contribution is 2.20. The second kappa shape index (κ2) is 5.64. The molecule has 0 bridgehead atoms. The normalized spacial score (nSPS) is 14.7. The number of carbonyl (C=O) groups excluding carboxylic acids is 1. The molecule has 0 rings (SSSR count). The molecule has 0 aromatic heterocycles. The van der Waals surface area contributed by atoms with Crippen LogP contribution in [-0.2, 0) is 4.79 Å². The first kappa shape index (κ1) is 15.4. The molecule has 0 saturated carbocycles. The van der Waals surface area contributed by atoms with Crippen LogP contribution in [-0.4, -0.2) is 28.7 Å². The number of rotatable bonds is 6. The summed E-state index contributed by atoms with van der Waals surface area (Å²) >= 11 is 0. The lowest BCUT2D eigenvalue weighted by Gasteiger charge is -2.38. The van der Waals surface area contributed by atoms with Crippen LogP contribution in [0.25, 0.3) is 0 Å². The van der Waals surface area contributed by atoms with Gasteiger partial charge in [-0.3, -0.25) is 4.79 Å². The quantitative estimate of drug-likeness (QED) is 0.638. The standard InChI is InChI=1S/C12H26N2O2/c1-9(8-13)6-7-10(15)14-11(2,3)12(4,5)16/h9,16H,6-8,13H2,1-5H3,(H,14,15). The molecule has 0 fully saturated rings. The van der Waals surface area contributed by atoms with Crippen molar-refractivity contribution in [1.82, 2.24) is 5.32 Å². The van der Waals surface area contributed by atoms with Crippen LogP contribution in [0.2, 0.25) is 0 Å². The van der Waals surface area contributed by atoms with E-state index in [9.17, 15) is 9.90 Å². The zero-order chi connectivity index (χ0) is 13.0. The van der Waals surface area contributed by atoms with Gasteiger partial charge in [0.25, 0.3) is 0 Å². The molecule has 1 atom stereocenters. The predicted octanol–water partition coefficient (Wildman–Crippen LogP) is 1.03. The summed E-state index contributed by atoms with van der Waals surface area (Å²) in [5.41, 5.74) is 3.91. The van der Waals surface area contributed by atoms with E-state index in [-0.39, 0.29) is 5.91 Å². The van der Waals surface area contributed by atoms with E-state index in [2.05, 4.69) is 5.32 Å². The summed E-state index contributed by atoms with van der Waals surface area (Å²) < 4.78 is 0. The Balaban J connectivity index is 4.15. The summed E-state index contributed by atoms with van der Waals surface area (Å²) in [6.45, 7) is 9.64. The third-order valence-corrected chi connectivity index (χ3v) is 3.25. The average molecular weight is 230 g/mol. The van der Waals surface area contributed by atoms with Gasteiger partial charge in [-0.1, -0.05) is 6.92 Å². The number of carbonyl (C=O) groups is 1. The molecule has 0 radical (unpaired) electrons. The van der Waals surface area contributed by atoms with Gasteiger partial charge >= 0.3 is 0 Å². The molecule has 0 spiro atoms. The van der Waals surface area contributed by atoms with Crippen LogP contribution in [0.4, 0.5) is 0 Å². The average Bonchev–Trinajstić information content (AvgIpc) is 2.11. The zero-order valence-electron chi connectivity index (χ0n) is 11.1. The number of nitrogens with one attached hydrogen (secondary N) is 1. The fourth-order valence-corrected chi connectivity index (χ4v) is 1.06. The van der Waals surface area contributed by atoms with E-state index in [1.165, 1.54) is 0 Å². The fourth-order valence-electron chi connectivity index (χ4n) is 1.06. The smallest absolute Gasteiger partial charge is 0.220 e. The van der Waals surface area contributed by atoms with E-state index in [1.54, 1.807) is 13.8 Å². The van der Waals surface area contributed by atoms with Gasteiger partial charge in [0, 0.05) is 6.42 Å². The van der Waals surface area contributed by atoms with Crippen molar-refractivity contribution in [2.45, 2.75) is 58.6 Å². The summed E-state index contributed by atoms with van der Waals surface area (Å²) in [6, 6.07) is 0. The first-order valence-corrected chi connectivity index (χ1v) is 5.83. The zero-order valence-corrected chi connectivity index (χ0v) is 11.1. The second-order valence-electron chi connectivity index (χ2n) is 5.61. The van der Waals surface area contributed by atoms with Crippen LogP contribution in [0.1, 0.15) is 47.5 Å². The molecule has 0 aromatic carbocycles. The largest absolute Gasteiger partial charge is 0.388 e. The summed E-state index contributed by atoms with van der Waals surface area (Å²) in [6.07, 6.45) is 1.24. The third kappa shape index (κ3) is 4.94. The van der Waals surface area contributed by atoms with Gasteiger partial charge < -0.3 is 16.2 Å². The van der Waals surface area contributed by atoms with Crippen molar-refractivity contribution >= 4 is 5.91 Å². The van der Waals surface area contributed by atoms with Crippen LogP contribution in [0, 0.1) is 5.92 Å². The van der Waals surface area contributed by atoms with E-state index in [0.29, 0.717) is 18.9 Å². The van der Waals surface area contributed by atoms with Gasteiger partial charge in [-0.05, 0) is 46.6 Å². The van der Waals surface area contributed by atoms with Gasteiger partial charge in [0.2, 0.25) is 5.91 Å². The highest BCUT2D eigenvalue weighted by atomic mass is 16.3. The Hall–Kier alpha value is -0.610. The van der Waals surface area contributed by atoms with Crippen LogP contribution >= 0.6 is 0 Å². The number of aliphatic hydroxyl groups is 1. The summed E-state index contributed by atoms with van der Waals surface area (Å²) in [4.78, 5) is 11.7. The van der Waals surface area contributed by atoms with E-state index in [1.807, 2.05) is 20.8 Å². The molecule has 4 N–H and O–H groups in total. The van der Waals surface area contributed by atoms with Gasteiger partial charge in [0.15, 0.2) is 0 Å². The SMILES string of the molecule is CC(CN)CCC(=O)NC(C)(C)C(C)(C)O. The minimum Gasteiger partial charge on any atom is -0.388 e. The lowest BCUT2D eigenvalue weighted by atomic mass is 9.86. The van der Waals surface area contributed by atoms with Gasteiger partial charge in [-0.15, -0.1) is 0 Å². The van der Waals surface area contributed by atoms with Crippen molar-refractivity contribution in [3.8, 4) is 0 Å². The number of amides is 1. The van der Waals surface area contributed by atoms with Gasteiger partial charge in [0.1, 0.15) is 0 Å². The second-order valence-corrected chi connectivity index (χ2v) is 5.61. The molecule has 4 nitrogen and oxygen atoms in total. The lowest BCUT2D eigenvalue weighted by Crippen LogP contribution is -2.57. The summed E-state index contributed by atoms with van der Waals surface area (Å²) in [7, 11) is 0. The molecule has 96 valence electrons. The molecule has 0 aliphatic rings. The van der Waals surface area contributed by atoms with Gasteiger partial charge in [0.05, 0.1) is 11.1 Å². The van der Waals surface area contributed by atoms with Gasteiger partial charge in [-0.25, -0.2) is 0 Å². The van der Waals surface area contributed by atoms with Crippen LogP contribution in [0.15, 0.2) is 0 Å². The van der Waals surface area contributed by atoms with Crippen molar-refractivity contribution in [3.63, 3.8) is 0 Å². The van der Waals surface area contributed by atoms with E-state index < -0.39 is 11.1 Å². The van der Waals surface area contributed by atoms with Crippen molar-refractivity contribution < 1.29 is 9.90 Å². The van der Waals surface area contributed by atoms with Crippen LogP contribution in [0.3, 0.4) is 0 Å². The molecule has 1 unspecified atom stereocenters. The highest BCUT2D eigenvalue weighted by molar-refractivity contribution is 5.76. The molecule has 16 heavy (non-hydrogen) atoms. The Morgan fingerprint density at radius 1 is 1.38 bits per heavy atom. The van der Waals surface area contributed by atoms with Crippen molar-refractivity contribution in [1.29, 1.82) is 0 Å². The molecule has 1 amide bonds. The van der Waals surface area contributed by atoms with E-state index in [4.69, 9.17) is 5.73 Å². The number of nitrogens with two attached hydrogens (primary N) is 1. The van der Waals surface area contributed by atoms with Crippen LogP contribution in [0.5, 0.6) is 0 Å². The van der Waals surface area contributed by atoms with Crippen molar-refractivity contribution in [3.05, 3.63) is 0 Å². The van der Waals surface area contributed by atoms with E-state index in [0.717, 1.165) is 6.42 Å².